The van der Waals surface area contributed by atoms with E-state index in [9.17, 15) is 38.4 Å². The lowest BCUT2D eigenvalue weighted by Gasteiger charge is -2.21. The molecule has 0 N–H and O–H groups in total. The number of ketones is 8. The van der Waals surface area contributed by atoms with Crippen molar-refractivity contribution in [3.63, 3.8) is 0 Å². The van der Waals surface area contributed by atoms with Gasteiger partial charge in [0.1, 0.15) is 91.1 Å². The molecule has 0 fully saturated rings. The third-order valence-electron chi connectivity index (χ3n) is 19.8. The lowest BCUT2D eigenvalue weighted by atomic mass is 9.88. The Balaban J connectivity index is 0.638. The molecule has 24 nitrogen and oxygen atoms in total. The Morgan fingerprint density at radius 3 is 0.443 bits per heavy atom. The van der Waals surface area contributed by atoms with Gasteiger partial charge >= 0.3 is 0 Å². The van der Waals surface area contributed by atoms with Crippen molar-refractivity contribution in [1.29, 1.82) is 0 Å². The second-order valence-corrected chi connectivity index (χ2v) is 25.4. The molecule has 0 saturated carbocycles. The lowest BCUT2D eigenvalue weighted by Crippen LogP contribution is -2.26. The second-order valence-electron chi connectivity index (χ2n) is 25.4. The molecule has 21 rings (SSSR count). The van der Waals surface area contributed by atoms with Crippen LogP contribution in [0.5, 0.6) is 0 Å². The maximum atomic E-state index is 14.7. The third-order valence-corrected chi connectivity index (χ3v) is 19.8. The Kier molecular flexibility index (Phi) is 12.3. The molecule has 106 heavy (non-hydrogen) atoms. The Morgan fingerprint density at radius 1 is 0.151 bits per heavy atom. The standard InChI is InChI=1S/C82H34N16O8/c99-75-67-59(83-25-27-85-67)61-69(77(75)101)93-47(29-87-61)53-35-13-1-5-17-39(35)55(40-18-6-2-14-36(40)53)49-31-89-63-65-73(81(105)79(103)71(63)95-49)97-51(33-91-65)57-43-21-9-11-23-45(43)58(46-24-12-10-22-44(46)57)52-34-92-66-64-72(80(104)82(106)74(66)98-52)96-50(32-90-64)56-41-19-7-3-15-37(41)54(38-16-4-8-20-42(38)56)48-30-88-62-60-68(86-28-26-84-60)76(100)78(102)70(62)94-48/h1-34H. The van der Waals surface area contributed by atoms with Gasteiger partial charge in [-0.05, 0) is 64.6 Å². The zero-order chi connectivity index (χ0) is 71.1. The van der Waals surface area contributed by atoms with E-state index < -0.39 is 46.3 Å². The largest absolute Gasteiger partial charge is 0.283 e. The van der Waals surface area contributed by atoms with Crippen LogP contribution in [0.2, 0.25) is 0 Å². The van der Waals surface area contributed by atoms with Crippen molar-refractivity contribution in [2.24, 2.45) is 0 Å². The molecule has 24 heteroatoms. The van der Waals surface area contributed by atoms with Gasteiger partial charge in [-0.2, -0.15) is 0 Å². The van der Waals surface area contributed by atoms with E-state index in [1.54, 1.807) is 0 Å². The number of aromatic nitrogens is 16. The van der Waals surface area contributed by atoms with Crippen LogP contribution < -0.4 is 0 Å². The van der Waals surface area contributed by atoms with E-state index >= 15 is 0 Å². The second kappa shape index (κ2) is 22.0. The van der Waals surface area contributed by atoms with E-state index in [1.807, 2.05) is 146 Å². The number of fused-ring (bicyclic) bond motifs is 18. The highest BCUT2D eigenvalue weighted by Gasteiger charge is 2.41. The summed E-state index contributed by atoms with van der Waals surface area (Å²) >= 11 is 0. The van der Waals surface area contributed by atoms with Gasteiger partial charge in [0, 0.05) is 58.2 Å². The van der Waals surface area contributed by atoms with Crippen LogP contribution in [0.3, 0.4) is 0 Å². The van der Waals surface area contributed by atoms with Gasteiger partial charge in [0.15, 0.2) is 0 Å². The van der Waals surface area contributed by atoms with E-state index in [0.717, 1.165) is 0 Å². The fourth-order valence-electron chi connectivity index (χ4n) is 15.3. The Morgan fingerprint density at radius 2 is 0.283 bits per heavy atom. The van der Waals surface area contributed by atoms with Gasteiger partial charge in [-0.1, -0.05) is 146 Å². The summed E-state index contributed by atoms with van der Waals surface area (Å²) < 4.78 is 0. The summed E-state index contributed by atoms with van der Waals surface area (Å²) in [5.41, 5.74) is 4.70. The topological polar surface area (TPSA) is 343 Å². The van der Waals surface area contributed by atoms with Crippen molar-refractivity contribution in [3.8, 4) is 113 Å². The fraction of sp³-hybridized carbons (Fsp3) is 0. The molecule has 0 bridgehead atoms. The number of hydrogen-bond acceptors (Lipinski definition) is 24. The summed E-state index contributed by atoms with van der Waals surface area (Å²) in [7, 11) is 0. The summed E-state index contributed by atoms with van der Waals surface area (Å²) in [6.07, 6.45) is 14.7. The molecule has 0 aliphatic heterocycles. The van der Waals surface area contributed by atoms with Crippen LogP contribution in [0.25, 0.3) is 178 Å². The van der Waals surface area contributed by atoms with E-state index in [1.165, 1.54) is 62.0 Å². The first-order chi connectivity index (χ1) is 51.9. The average Bonchev–Trinajstić information content (AvgIpc) is 0.724. The van der Waals surface area contributed by atoms with Gasteiger partial charge in [-0.25, -0.2) is 69.8 Å². The van der Waals surface area contributed by atoms with Crippen LogP contribution in [-0.2, 0) is 0 Å². The molecule has 0 saturated heterocycles. The maximum absolute atomic E-state index is 14.7. The predicted octanol–water partition coefficient (Wildman–Crippen LogP) is 13.1. The molecule has 9 aromatic carbocycles. The van der Waals surface area contributed by atoms with Gasteiger partial charge in [-0.15, -0.1) is 0 Å². The number of hydrogen-bond donors (Lipinski definition) is 0. The average molecular weight is 1370 g/mol. The molecular formula is C82H34N16O8. The molecule has 0 spiro atoms. The van der Waals surface area contributed by atoms with E-state index in [4.69, 9.17) is 49.8 Å². The summed E-state index contributed by atoms with van der Waals surface area (Å²) in [6, 6.07) is 44.7. The Bertz CT molecular complexity index is 6590. The number of carbonyl (C=O) groups excluding carboxylic acids is 8. The van der Waals surface area contributed by atoms with Crippen LogP contribution in [-0.4, -0.2) is 126 Å². The SMILES string of the molecule is O=C1C(=O)c2nc(-c3c4ccccc4c(-c4cnc5c(n4)C(=O)C(=O)c4nc(-c6c7ccccc7c(-c7cnc8c(n7)C(=O)C(=O)c7nc(-c9c%10ccccc%10c(-c%10cnc%11c(n%10)C(=O)C(=O)c%10nccnc%10-%11)c%10ccccc9%10)cnc7-8)c7ccccc67)cnc4-5)c4ccccc34)cnc2-c2nccnc21. The molecule has 490 valence electrons. The normalized spacial score (nSPS) is 13.4. The number of nitrogens with zero attached hydrogens (tertiary/aromatic N) is 16. The smallest absolute Gasteiger partial charge is 0.255 e. The predicted molar refractivity (Wildman–Crippen MR) is 385 cm³/mol. The zero-order valence-electron chi connectivity index (χ0n) is 54.1. The van der Waals surface area contributed by atoms with Gasteiger partial charge in [-0.3, -0.25) is 48.3 Å². The van der Waals surface area contributed by atoms with Crippen LogP contribution >= 0.6 is 0 Å². The molecule has 0 radical (unpaired) electrons. The highest BCUT2D eigenvalue weighted by Crippen LogP contribution is 2.49. The molecule has 8 aromatic heterocycles. The first-order valence-corrected chi connectivity index (χ1v) is 33.0. The molecule has 8 heterocycles. The summed E-state index contributed by atoms with van der Waals surface area (Å²) in [5, 5.41) is 7.95. The minimum Gasteiger partial charge on any atom is -0.283 e. The third kappa shape index (κ3) is 8.26. The molecule has 4 aliphatic carbocycles. The van der Waals surface area contributed by atoms with Gasteiger partial charge in [0.25, 0.3) is 46.3 Å². The van der Waals surface area contributed by atoms with Crippen molar-refractivity contribution in [1.82, 2.24) is 79.7 Å². The quantitative estimate of drug-likeness (QED) is 0.110. The number of carbonyl (C=O) groups is 8. The monoisotopic (exact) mass is 1370 g/mol. The highest BCUT2D eigenvalue weighted by molar-refractivity contribution is 6.54. The summed E-state index contributed by atoms with van der Waals surface area (Å²) in [4.78, 5) is 187. The van der Waals surface area contributed by atoms with Gasteiger partial charge in [0.05, 0.1) is 71.3 Å². The maximum Gasteiger partial charge on any atom is 0.255 e. The van der Waals surface area contributed by atoms with Crippen LogP contribution in [0.15, 0.2) is 208 Å². The Hall–Kier alpha value is -15.5. The lowest BCUT2D eigenvalue weighted by molar-refractivity contribution is 0.0808. The molecule has 0 amide bonds. The van der Waals surface area contributed by atoms with Crippen molar-refractivity contribution < 1.29 is 38.4 Å². The minimum atomic E-state index is -0.948. The van der Waals surface area contributed by atoms with Crippen molar-refractivity contribution in [2.45, 2.75) is 0 Å². The summed E-state index contributed by atoms with van der Waals surface area (Å²) in [5.74, 6) is -7.17. The molecular weight excluding hydrogens is 1340 g/mol. The van der Waals surface area contributed by atoms with E-state index in [2.05, 4.69) is 29.9 Å². The first-order valence-electron chi connectivity index (χ1n) is 33.0. The highest BCUT2D eigenvalue weighted by atomic mass is 16.2. The van der Waals surface area contributed by atoms with Gasteiger partial charge in [0.2, 0.25) is 0 Å². The van der Waals surface area contributed by atoms with E-state index in [0.29, 0.717) is 109 Å². The zero-order valence-corrected chi connectivity index (χ0v) is 54.1. The van der Waals surface area contributed by atoms with Crippen molar-refractivity contribution in [2.75, 3.05) is 0 Å². The van der Waals surface area contributed by atoms with Gasteiger partial charge < -0.3 is 0 Å². The molecule has 0 atom stereocenters. The molecule has 4 aliphatic rings. The van der Waals surface area contributed by atoms with E-state index in [-0.39, 0.29) is 114 Å². The first kappa shape index (κ1) is 59.4. The molecule has 17 aromatic rings. The molecule has 0 unspecified atom stereocenters. The number of rotatable bonds is 6. The number of Topliss-reactive ketones (excluding diaryl/α,β-unsaturated/α-hetero) is 8. The van der Waals surface area contributed by atoms with Crippen molar-refractivity contribution >= 4 is 111 Å². The van der Waals surface area contributed by atoms with Crippen LogP contribution in [0.1, 0.15) is 83.9 Å². The van der Waals surface area contributed by atoms with Crippen LogP contribution in [0, 0.1) is 0 Å². The Labute approximate surface area is 592 Å². The summed E-state index contributed by atoms with van der Waals surface area (Å²) in [6.45, 7) is 0. The minimum absolute atomic E-state index is 0.0510. The van der Waals surface area contributed by atoms with Crippen molar-refractivity contribution in [3.05, 3.63) is 253 Å². The number of benzene rings is 9. The fourth-order valence-corrected chi connectivity index (χ4v) is 15.3. The van der Waals surface area contributed by atoms with Crippen LogP contribution in [0.4, 0.5) is 0 Å².